The summed E-state index contributed by atoms with van der Waals surface area (Å²) >= 11 is 1.51. The molecule has 0 saturated heterocycles. The quantitative estimate of drug-likeness (QED) is 0.531. The summed E-state index contributed by atoms with van der Waals surface area (Å²) in [6, 6.07) is 7.85. The van der Waals surface area contributed by atoms with Crippen molar-refractivity contribution in [2.24, 2.45) is 0 Å². The Balaban J connectivity index is 1.89. The maximum atomic E-state index is 10.8. The average molecular weight is 298 g/mol. The van der Waals surface area contributed by atoms with E-state index in [2.05, 4.69) is 11.6 Å². The van der Waals surface area contributed by atoms with Crippen molar-refractivity contribution in [2.45, 2.75) is 6.92 Å². The van der Waals surface area contributed by atoms with E-state index in [9.17, 15) is 4.79 Å². The lowest BCUT2D eigenvalue weighted by Gasteiger charge is -2.06. The molecule has 0 radical (unpaired) electrons. The summed E-state index contributed by atoms with van der Waals surface area (Å²) in [4.78, 5) is 15.8. The molecule has 3 aromatic rings. The second kappa shape index (κ2) is 5.54. The van der Waals surface area contributed by atoms with Gasteiger partial charge in [-0.1, -0.05) is 6.58 Å². The molecule has 3 rings (SSSR count). The summed E-state index contributed by atoms with van der Waals surface area (Å²) in [7, 11) is 0. The molecule has 2 aromatic heterocycles. The molecule has 0 N–H and O–H groups in total. The van der Waals surface area contributed by atoms with Gasteiger partial charge in [-0.05, 0) is 42.3 Å². The van der Waals surface area contributed by atoms with Crippen LogP contribution in [0.1, 0.15) is 17.4 Å². The van der Waals surface area contributed by atoms with E-state index in [4.69, 9.17) is 4.74 Å². The van der Waals surface area contributed by atoms with E-state index >= 15 is 0 Å². The van der Waals surface area contributed by atoms with E-state index in [-0.39, 0.29) is 0 Å². The molecule has 0 aliphatic rings. The van der Waals surface area contributed by atoms with Gasteiger partial charge in [-0.25, -0.2) is 4.98 Å². The van der Waals surface area contributed by atoms with Crippen LogP contribution in [-0.2, 0) is 0 Å². The minimum Gasteiger partial charge on any atom is -0.489 e. The number of rotatable bonds is 5. The molecule has 0 aliphatic carbocycles. The van der Waals surface area contributed by atoms with Gasteiger partial charge < -0.3 is 4.74 Å². The predicted molar refractivity (Wildman–Crippen MR) is 84.2 cm³/mol. The Morgan fingerprint density at radius 3 is 2.86 bits per heavy atom. The molecule has 2 heterocycles. The first kappa shape index (κ1) is 13.6. The third-order valence-electron chi connectivity index (χ3n) is 2.98. The van der Waals surface area contributed by atoms with Gasteiger partial charge >= 0.3 is 0 Å². The number of nitrogens with zero attached hydrogens (tertiary/aromatic N) is 2. The molecule has 5 heteroatoms. The van der Waals surface area contributed by atoms with Crippen LogP contribution < -0.4 is 4.74 Å². The Labute approximate surface area is 126 Å². The van der Waals surface area contributed by atoms with Gasteiger partial charge in [-0.3, -0.25) is 9.20 Å². The van der Waals surface area contributed by atoms with Crippen molar-refractivity contribution in [2.75, 3.05) is 6.61 Å². The number of fused-ring (bicyclic) bond motifs is 1. The fourth-order valence-corrected chi connectivity index (χ4v) is 2.88. The Bertz CT molecular complexity index is 799. The number of carbonyl (C=O) groups is 1. The number of thiazole rings is 1. The molecule has 0 fully saturated rings. The summed E-state index contributed by atoms with van der Waals surface area (Å²) in [6.07, 6.45) is 2.51. The van der Waals surface area contributed by atoms with Crippen LogP contribution in [0.5, 0.6) is 5.75 Å². The molecular weight excluding hydrogens is 284 g/mol. The minimum absolute atomic E-state index is 0.449. The van der Waals surface area contributed by atoms with Crippen LogP contribution in [0.3, 0.4) is 0 Å². The second-order valence-corrected chi connectivity index (χ2v) is 5.66. The maximum Gasteiger partial charge on any atom is 0.194 e. The molecule has 0 spiro atoms. The minimum atomic E-state index is 0.449. The average Bonchev–Trinajstić information content (AvgIpc) is 3.05. The van der Waals surface area contributed by atoms with Crippen LogP contribution >= 0.6 is 11.3 Å². The van der Waals surface area contributed by atoms with E-state index in [1.54, 1.807) is 6.20 Å². The van der Waals surface area contributed by atoms with Crippen LogP contribution in [0, 0.1) is 0 Å². The largest absolute Gasteiger partial charge is 0.489 e. The van der Waals surface area contributed by atoms with Gasteiger partial charge in [0.1, 0.15) is 18.1 Å². The molecule has 0 bridgehead atoms. The van der Waals surface area contributed by atoms with Crippen molar-refractivity contribution >= 4 is 22.6 Å². The Morgan fingerprint density at radius 2 is 2.19 bits per heavy atom. The van der Waals surface area contributed by atoms with Crippen LogP contribution in [0.25, 0.3) is 16.2 Å². The van der Waals surface area contributed by atoms with Crippen LogP contribution in [0.2, 0.25) is 0 Å². The maximum absolute atomic E-state index is 10.8. The number of hydrogen-bond acceptors (Lipinski definition) is 4. The number of carbonyl (C=O) groups excluding carboxylic acids is 1. The lowest BCUT2D eigenvalue weighted by atomic mass is 10.1. The zero-order valence-corrected chi connectivity index (χ0v) is 12.4. The standard InChI is InChI=1S/C16H14N2O2S/c1-11(2)9-20-14-5-3-12(4-6-14)15-10-21-16-17-13(8-19)7-18(15)16/h3-8,10H,1,9H2,2H3. The molecule has 4 nitrogen and oxygen atoms in total. The topological polar surface area (TPSA) is 43.6 Å². The van der Waals surface area contributed by atoms with Crippen molar-refractivity contribution in [1.82, 2.24) is 9.38 Å². The van der Waals surface area contributed by atoms with Gasteiger partial charge in [0.25, 0.3) is 0 Å². The molecule has 106 valence electrons. The number of ether oxygens (including phenoxy) is 1. The van der Waals surface area contributed by atoms with Crippen LogP contribution in [0.15, 0.2) is 48.0 Å². The lowest BCUT2D eigenvalue weighted by Crippen LogP contribution is -1.97. The van der Waals surface area contributed by atoms with Gasteiger partial charge in [0.2, 0.25) is 0 Å². The molecule has 0 atom stereocenters. The third kappa shape index (κ3) is 2.73. The SMILES string of the molecule is C=C(C)COc1ccc(-c2csc3nc(C=O)cn23)cc1. The van der Waals surface area contributed by atoms with Crippen molar-refractivity contribution in [3.63, 3.8) is 0 Å². The normalized spacial score (nSPS) is 10.7. The number of benzene rings is 1. The highest BCUT2D eigenvalue weighted by Gasteiger charge is 2.09. The first-order chi connectivity index (χ1) is 10.2. The number of aromatic nitrogens is 2. The molecule has 0 aliphatic heterocycles. The Morgan fingerprint density at radius 1 is 1.43 bits per heavy atom. The summed E-state index contributed by atoms with van der Waals surface area (Å²) in [5.41, 5.74) is 3.50. The smallest absolute Gasteiger partial charge is 0.194 e. The Hall–Kier alpha value is -2.40. The highest BCUT2D eigenvalue weighted by molar-refractivity contribution is 7.15. The highest BCUT2D eigenvalue weighted by atomic mass is 32.1. The summed E-state index contributed by atoms with van der Waals surface area (Å²) in [5, 5.41) is 2.03. The van der Waals surface area contributed by atoms with Crippen molar-refractivity contribution in [1.29, 1.82) is 0 Å². The van der Waals surface area contributed by atoms with Gasteiger partial charge in [-0.2, -0.15) is 0 Å². The summed E-state index contributed by atoms with van der Waals surface area (Å²) < 4.78 is 7.52. The summed E-state index contributed by atoms with van der Waals surface area (Å²) in [6.45, 7) is 6.26. The number of hydrogen-bond donors (Lipinski definition) is 0. The molecule has 1 aromatic carbocycles. The van der Waals surface area contributed by atoms with Crippen molar-refractivity contribution in [3.05, 3.63) is 53.7 Å². The molecule has 0 unspecified atom stereocenters. The zero-order chi connectivity index (χ0) is 14.8. The Kier molecular flexibility index (Phi) is 3.58. The predicted octanol–water partition coefficient (Wildman–Crippen LogP) is 3.83. The molecule has 21 heavy (non-hydrogen) atoms. The molecule has 0 amide bonds. The lowest BCUT2D eigenvalue weighted by molar-refractivity contribution is 0.111. The summed E-state index contributed by atoms with van der Waals surface area (Å²) in [5.74, 6) is 0.812. The van der Waals surface area contributed by atoms with E-state index in [0.29, 0.717) is 12.3 Å². The monoisotopic (exact) mass is 298 g/mol. The van der Waals surface area contributed by atoms with Crippen molar-refractivity contribution < 1.29 is 9.53 Å². The van der Waals surface area contributed by atoms with E-state index in [1.807, 2.05) is 41.0 Å². The first-order valence-electron chi connectivity index (χ1n) is 6.47. The van der Waals surface area contributed by atoms with E-state index in [1.165, 1.54) is 11.3 Å². The fourth-order valence-electron chi connectivity index (χ4n) is 1.99. The van der Waals surface area contributed by atoms with Crippen LogP contribution in [-0.4, -0.2) is 22.3 Å². The van der Waals surface area contributed by atoms with Gasteiger partial charge in [0.15, 0.2) is 11.2 Å². The zero-order valence-electron chi connectivity index (χ0n) is 11.6. The third-order valence-corrected chi connectivity index (χ3v) is 3.82. The second-order valence-electron chi connectivity index (χ2n) is 4.83. The van der Waals surface area contributed by atoms with Gasteiger partial charge in [0.05, 0.1) is 5.69 Å². The molecular formula is C16H14N2O2S. The number of imidazole rings is 1. The van der Waals surface area contributed by atoms with Crippen molar-refractivity contribution in [3.8, 4) is 17.0 Å². The van der Waals surface area contributed by atoms with E-state index in [0.717, 1.165) is 33.8 Å². The number of aldehydes is 1. The highest BCUT2D eigenvalue weighted by Crippen LogP contribution is 2.27. The first-order valence-corrected chi connectivity index (χ1v) is 7.35. The molecule has 0 saturated carbocycles. The van der Waals surface area contributed by atoms with Crippen LogP contribution in [0.4, 0.5) is 0 Å². The van der Waals surface area contributed by atoms with Gasteiger partial charge in [0, 0.05) is 11.6 Å². The van der Waals surface area contributed by atoms with E-state index < -0.39 is 0 Å². The fraction of sp³-hybridized carbons (Fsp3) is 0.125. The van der Waals surface area contributed by atoms with Gasteiger partial charge in [-0.15, -0.1) is 11.3 Å².